The van der Waals surface area contributed by atoms with Gasteiger partial charge in [0.15, 0.2) is 17.3 Å². The van der Waals surface area contributed by atoms with Crippen LogP contribution in [0.2, 0.25) is 0 Å². The summed E-state index contributed by atoms with van der Waals surface area (Å²) in [6.45, 7) is 0. The van der Waals surface area contributed by atoms with Crippen LogP contribution in [0.5, 0.6) is 0 Å². The van der Waals surface area contributed by atoms with Crippen molar-refractivity contribution in [1.29, 1.82) is 0 Å². The first kappa shape index (κ1) is 15.8. The van der Waals surface area contributed by atoms with E-state index in [0.717, 1.165) is 17.3 Å². The summed E-state index contributed by atoms with van der Waals surface area (Å²) < 4.78 is 26.6. The molecule has 128 valence electrons. The number of carbonyl (C=O) groups is 1. The summed E-state index contributed by atoms with van der Waals surface area (Å²) in [4.78, 5) is 20.1. The molecule has 4 rings (SSSR count). The third-order valence-electron chi connectivity index (χ3n) is 3.81. The molecular formula is C18H11F2N5O. The van der Waals surface area contributed by atoms with Crippen molar-refractivity contribution in [2.24, 2.45) is 0 Å². The molecule has 1 amide bonds. The zero-order valence-corrected chi connectivity index (χ0v) is 13.2. The predicted octanol–water partition coefficient (Wildman–Crippen LogP) is 3.55. The zero-order chi connectivity index (χ0) is 18.1. The number of anilines is 1. The molecule has 3 heterocycles. The average Bonchev–Trinajstić information content (AvgIpc) is 3.08. The van der Waals surface area contributed by atoms with E-state index in [9.17, 15) is 13.6 Å². The van der Waals surface area contributed by atoms with Crippen molar-refractivity contribution in [1.82, 2.24) is 20.2 Å². The molecular weight excluding hydrogens is 340 g/mol. The third kappa shape index (κ3) is 2.88. The van der Waals surface area contributed by atoms with Gasteiger partial charge in [-0.25, -0.2) is 13.8 Å². The van der Waals surface area contributed by atoms with Gasteiger partial charge < -0.3 is 5.32 Å². The number of benzene rings is 1. The number of carbonyl (C=O) groups excluding carboxylic acids is 1. The van der Waals surface area contributed by atoms with Crippen LogP contribution >= 0.6 is 0 Å². The van der Waals surface area contributed by atoms with Crippen LogP contribution < -0.4 is 5.32 Å². The van der Waals surface area contributed by atoms with Gasteiger partial charge in [-0.15, -0.1) is 0 Å². The Morgan fingerprint density at radius 2 is 1.96 bits per heavy atom. The zero-order valence-electron chi connectivity index (χ0n) is 13.2. The first-order chi connectivity index (χ1) is 12.6. The summed E-state index contributed by atoms with van der Waals surface area (Å²) in [6.07, 6.45) is 4.20. The fourth-order valence-corrected chi connectivity index (χ4v) is 2.57. The third-order valence-corrected chi connectivity index (χ3v) is 3.81. The number of hydrogen-bond donors (Lipinski definition) is 2. The molecule has 26 heavy (non-hydrogen) atoms. The van der Waals surface area contributed by atoms with E-state index in [-0.39, 0.29) is 11.5 Å². The molecule has 3 aromatic heterocycles. The molecule has 0 atom stereocenters. The number of rotatable bonds is 3. The number of aromatic nitrogens is 4. The molecule has 0 aliphatic carbocycles. The lowest BCUT2D eigenvalue weighted by atomic mass is 10.0. The molecule has 0 aliphatic rings. The number of nitrogens with zero attached hydrogens (tertiary/aromatic N) is 3. The lowest BCUT2D eigenvalue weighted by Crippen LogP contribution is -2.15. The summed E-state index contributed by atoms with van der Waals surface area (Å²) in [5.74, 6) is -2.81. The number of hydrogen-bond acceptors (Lipinski definition) is 4. The van der Waals surface area contributed by atoms with Crippen molar-refractivity contribution in [3.05, 3.63) is 72.3 Å². The maximum absolute atomic E-state index is 13.7. The lowest BCUT2D eigenvalue weighted by molar-refractivity contribution is 0.102. The second-order valence-electron chi connectivity index (χ2n) is 5.51. The smallest absolute Gasteiger partial charge is 0.278 e. The fourth-order valence-electron chi connectivity index (χ4n) is 2.57. The van der Waals surface area contributed by atoms with Crippen molar-refractivity contribution in [2.75, 3.05) is 5.32 Å². The van der Waals surface area contributed by atoms with Crippen molar-refractivity contribution in [3.63, 3.8) is 0 Å². The minimum Gasteiger partial charge on any atom is -0.303 e. The molecule has 4 aromatic rings. The number of halogens is 2. The molecule has 6 nitrogen and oxygen atoms in total. The standard InChI is InChI=1S/C18H11F2N5O/c19-12-7-14(20)17(22-9-12)23-18(26)16-13-6-10(3-4-15(13)24-25-16)11-2-1-5-21-8-11/h1-9H,(H,24,25)(H,22,23,26). The summed E-state index contributed by atoms with van der Waals surface area (Å²) in [5, 5.41) is 9.62. The fraction of sp³-hybridized carbons (Fsp3) is 0. The monoisotopic (exact) mass is 351 g/mol. The Morgan fingerprint density at radius 3 is 2.73 bits per heavy atom. The number of pyridine rings is 2. The Hall–Kier alpha value is -3.68. The van der Waals surface area contributed by atoms with E-state index in [1.165, 1.54) is 0 Å². The first-order valence-electron chi connectivity index (χ1n) is 7.63. The molecule has 0 fully saturated rings. The van der Waals surface area contributed by atoms with Crippen molar-refractivity contribution >= 4 is 22.6 Å². The summed E-state index contributed by atoms with van der Waals surface area (Å²) >= 11 is 0. The molecule has 0 saturated heterocycles. The molecule has 0 radical (unpaired) electrons. The van der Waals surface area contributed by atoms with Gasteiger partial charge in [-0.05, 0) is 23.8 Å². The Kier molecular flexibility index (Phi) is 3.85. The largest absolute Gasteiger partial charge is 0.303 e. The van der Waals surface area contributed by atoms with Gasteiger partial charge in [0.05, 0.1) is 11.7 Å². The van der Waals surface area contributed by atoms with Crippen LogP contribution in [0.25, 0.3) is 22.0 Å². The number of H-pyrrole nitrogens is 1. The summed E-state index contributed by atoms with van der Waals surface area (Å²) in [6, 6.07) is 9.81. The second kappa shape index (κ2) is 6.32. The van der Waals surface area contributed by atoms with E-state index < -0.39 is 17.5 Å². The Labute approximate surface area is 145 Å². The van der Waals surface area contributed by atoms with Gasteiger partial charge in [-0.2, -0.15) is 5.10 Å². The molecule has 0 spiro atoms. The average molecular weight is 351 g/mol. The van der Waals surface area contributed by atoms with E-state index in [1.807, 2.05) is 18.2 Å². The van der Waals surface area contributed by atoms with Gasteiger partial charge in [0.2, 0.25) is 0 Å². The maximum atomic E-state index is 13.7. The highest BCUT2D eigenvalue weighted by atomic mass is 19.1. The lowest BCUT2D eigenvalue weighted by Gasteiger charge is -2.05. The molecule has 0 unspecified atom stereocenters. The normalized spacial score (nSPS) is 10.8. The highest BCUT2D eigenvalue weighted by molar-refractivity contribution is 6.11. The Balaban J connectivity index is 1.71. The van der Waals surface area contributed by atoms with Crippen molar-refractivity contribution in [2.45, 2.75) is 0 Å². The van der Waals surface area contributed by atoms with Crippen molar-refractivity contribution < 1.29 is 13.6 Å². The van der Waals surface area contributed by atoms with Crippen LogP contribution in [0.4, 0.5) is 14.6 Å². The van der Waals surface area contributed by atoms with E-state index in [1.54, 1.807) is 24.5 Å². The van der Waals surface area contributed by atoms with Crippen LogP contribution in [0.1, 0.15) is 10.5 Å². The molecule has 0 aliphatic heterocycles. The summed E-state index contributed by atoms with van der Waals surface area (Å²) in [7, 11) is 0. The molecule has 0 saturated carbocycles. The molecule has 1 aromatic carbocycles. The van der Waals surface area contributed by atoms with Gasteiger partial charge in [-0.3, -0.25) is 14.9 Å². The van der Waals surface area contributed by atoms with Gasteiger partial charge >= 0.3 is 0 Å². The van der Waals surface area contributed by atoms with Gasteiger partial charge in [-0.1, -0.05) is 12.1 Å². The van der Waals surface area contributed by atoms with Crippen molar-refractivity contribution in [3.8, 4) is 11.1 Å². The quantitative estimate of drug-likeness (QED) is 0.591. The highest BCUT2D eigenvalue weighted by Crippen LogP contribution is 2.25. The number of nitrogens with one attached hydrogen (secondary N) is 2. The number of aromatic amines is 1. The van der Waals surface area contributed by atoms with Crippen LogP contribution in [-0.2, 0) is 0 Å². The topological polar surface area (TPSA) is 83.6 Å². The van der Waals surface area contributed by atoms with Crippen LogP contribution in [0.3, 0.4) is 0 Å². The van der Waals surface area contributed by atoms with E-state index in [2.05, 4.69) is 25.5 Å². The van der Waals surface area contributed by atoms with Gasteiger partial charge in [0.25, 0.3) is 5.91 Å². The minimum atomic E-state index is -0.964. The van der Waals surface area contributed by atoms with Crippen LogP contribution in [-0.4, -0.2) is 26.1 Å². The van der Waals surface area contributed by atoms with Crippen LogP contribution in [0.15, 0.2) is 55.0 Å². The predicted molar refractivity (Wildman–Crippen MR) is 91.4 cm³/mol. The summed E-state index contributed by atoms with van der Waals surface area (Å²) in [5.41, 5.74) is 2.46. The SMILES string of the molecule is O=C(Nc1ncc(F)cc1F)c1n[nH]c2ccc(-c3cccnc3)cc12. The molecule has 2 N–H and O–H groups in total. The van der Waals surface area contributed by atoms with E-state index in [0.29, 0.717) is 17.0 Å². The minimum absolute atomic E-state index is 0.0799. The van der Waals surface area contributed by atoms with Crippen LogP contribution in [0, 0.1) is 11.6 Å². The number of fused-ring (bicyclic) bond motifs is 1. The first-order valence-corrected chi connectivity index (χ1v) is 7.63. The van der Waals surface area contributed by atoms with E-state index in [4.69, 9.17) is 0 Å². The maximum Gasteiger partial charge on any atom is 0.278 e. The highest BCUT2D eigenvalue weighted by Gasteiger charge is 2.17. The Morgan fingerprint density at radius 1 is 1.08 bits per heavy atom. The van der Waals surface area contributed by atoms with Gasteiger partial charge in [0.1, 0.15) is 5.82 Å². The molecule has 8 heteroatoms. The molecule has 0 bridgehead atoms. The Bertz CT molecular complexity index is 1110. The van der Waals surface area contributed by atoms with E-state index >= 15 is 0 Å². The van der Waals surface area contributed by atoms with Gasteiger partial charge in [0, 0.05) is 29.4 Å². The second-order valence-corrected chi connectivity index (χ2v) is 5.51. The number of amides is 1.